The summed E-state index contributed by atoms with van der Waals surface area (Å²) in [5.41, 5.74) is 2.80. The lowest BCUT2D eigenvalue weighted by molar-refractivity contribution is -0.148. The number of para-hydroxylation sites is 1. The van der Waals surface area contributed by atoms with E-state index in [2.05, 4.69) is 4.90 Å². The van der Waals surface area contributed by atoms with Crippen LogP contribution in [0.25, 0.3) is 0 Å². The third-order valence-corrected chi connectivity index (χ3v) is 6.78. The van der Waals surface area contributed by atoms with Crippen LogP contribution in [-0.4, -0.2) is 91.5 Å². The smallest absolute Gasteiger partial charge is 0.410 e. The summed E-state index contributed by atoms with van der Waals surface area (Å²) in [6.07, 6.45) is 0.960. The number of nitrogens with one attached hydrogen (secondary N) is 1. The molecule has 0 saturated carbocycles. The number of carbonyl (C=O) groups excluding carboxylic acids is 3. The monoisotopic (exact) mass is 460 g/mol. The van der Waals surface area contributed by atoms with Crippen molar-refractivity contribution in [3.8, 4) is 0 Å². The first-order valence-corrected chi connectivity index (χ1v) is 11.6. The van der Waals surface area contributed by atoms with E-state index < -0.39 is 23.8 Å². The van der Waals surface area contributed by atoms with Gasteiger partial charge >= 0.3 is 6.09 Å². The van der Waals surface area contributed by atoms with Gasteiger partial charge in [-0.05, 0) is 18.6 Å². The molecule has 0 bridgehead atoms. The molecule has 3 saturated heterocycles. The van der Waals surface area contributed by atoms with E-state index in [9.17, 15) is 19.6 Å². The summed E-state index contributed by atoms with van der Waals surface area (Å²) < 4.78 is 10.9. The first-order valence-electron chi connectivity index (χ1n) is 11.6. The molecule has 0 aliphatic carbocycles. The van der Waals surface area contributed by atoms with Crippen molar-refractivity contribution in [1.82, 2.24) is 15.3 Å². The molecule has 3 fully saturated rings. The van der Waals surface area contributed by atoms with Crippen molar-refractivity contribution in [1.29, 1.82) is 0 Å². The average molecular weight is 461 g/mol. The second kappa shape index (κ2) is 10.8. The minimum absolute atomic E-state index is 0.0365. The molecule has 3 aliphatic rings. The van der Waals surface area contributed by atoms with Gasteiger partial charge in [-0.3, -0.25) is 14.8 Å². The fourth-order valence-electron chi connectivity index (χ4n) is 4.83. The summed E-state index contributed by atoms with van der Waals surface area (Å²) in [7, 11) is 0. The molecule has 33 heavy (non-hydrogen) atoms. The molecule has 3 aliphatic heterocycles. The summed E-state index contributed by atoms with van der Waals surface area (Å²) in [6.45, 7) is 4.03. The molecule has 0 spiro atoms. The molecule has 1 aromatic rings. The van der Waals surface area contributed by atoms with Gasteiger partial charge in [-0.15, -0.1) is 0 Å². The van der Waals surface area contributed by atoms with Crippen LogP contribution in [0.4, 0.5) is 10.5 Å². The lowest BCUT2D eigenvalue weighted by Gasteiger charge is -2.41. The van der Waals surface area contributed by atoms with E-state index >= 15 is 0 Å². The van der Waals surface area contributed by atoms with Crippen molar-refractivity contribution >= 4 is 23.6 Å². The number of hydroxylamine groups is 1. The Morgan fingerprint density at radius 1 is 0.909 bits per heavy atom. The van der Waals surface area contributed by atoms with Crippen molar-refractivity contribution in [3.63, 3.8) is 0 Å². The van der Waals surface area contributed by atoms with Crippen LogP contribution in [-0.2, 0) is 19.1 Å². The van der Waals surface area contributed by atoms with Crippen molar-refractivity contribution in [2.24, 2.45) is 11.8 Å². The predicted octanol–water partition coefficient (Wildman–Crippen LogP) is 1.09. The highest BCUT2D eigenvalue weighted by Gasteiger charge is 2.42. The molecule has 0 aromatic heterocycles. The zero-order valence-electron chi connectivity index (χ0n) is 18.7. The second-order valence-electron chi connectivity index (χ2n) is 8.77. The van der Waals surface area contributed by atoms with Crippen LogP contribution in [0.3, 0.4) is 0 Å². The number of anilines is 1. The lowest BCUT2D eigenvalue weighted by atomic mass is 9.83. The Hall–Kier alpha value is -2.85. The van der Waals surface area contributed by atoms with Crippen molar-refractivity contribution in [2.45, 2.75) is 25.4 Å². The number of rotatable bonds is 4. The SMILES string of the molecule is O=C(NO)[C@H]1CN(C(=O)OC2CCOCC2)CC[C@@H]1C(=O)N1CCN(c2ccccc2)CC1. The highest BCUT2D eigenvalue weighted by Crippen LogP contribution is 2.28. The Morgan fingerprint density at radius 3 is 2.27 bits per heavy atom. The van der Waals surface area contributed by atoms with Crippen molar-refractivity contribution in [3.05, 3.63) is 30.3 Å². The van der Waals surface area contributed by atoms with Gasteiger partial charge in [-0.2, -0.15) is 0 Å². The fourth-order valence-corrected chi connectivity index (χ4v) is 4.83. The quantitative estimate of drug-likeness (QED) is 0.511. The second-order valence-corrected chi connectivity index (χ2v) is 8.77. The summed E-state index contributed by atoms with van der Waals surface area (Å²) in [6, 6.07) is 10.1. The molecule has 0 unspecified atom stereocenters. The molecular formula is C23H32N4O6. The number of likely N-dealkylation sites (tertiary alicyclic amines) is 1. The average Bonchev–Trinajstić information content (AvgIpc) is 2.88. The number of carbonyl (C=O) groups is 3. The van der Waals surface area contributed by atoms with E-state index in [1.807, 2.05) is 30.3 Å². The van der Waals surface area contributed by atoms with E-state index in [4.69, 9.17) is 9.47 Å². The van der Waals surface area contributed by atoms with Gasteiger partial charge in [0.2, 0.25) is 11.8 Å². The van der Waals surface area contributed by atoms with E-state index in [0.717, 1.165) is 5.69 Å². The Labute approximate surface area is 193 Å². The molecule has 180 valence electrons. The van der Waals surface area contributed by atoms with Gasteiger partial charge in [-0.25, -0.2) is 10.3 Å². The van der Waals surface area contributed by atoms with Gasteiger partial charge in [0.25, 0.3) is 0 Å². The minimum Gasteiger partial charge on any atom is -0.446 e. The van der Waals surface area contributed by atoms with Crippen LogP contribution in [0, 0.1) is 11.8 Å². The van der Waals surface area contributed by atoms with Gasteiger partial charge in [-0.1, -0.05) is 18.2 Å². The zero-order valence-corrected chi connectivity index (χ0v) is 18.7. The summed E-state index contributed by atoms with van der Waals surface area (Å²) in [5.74, 6) is -2.17. The number of hydrogen-bond acceptors (Lipinski definition) is 7. The first kappa shape index (κ1) is 23.3. The Morgan fingerprint density at radius 2 is 1.61 bits per heavy atom. The Kier molecular flexibility index (Phi) is 7.66. The fraction of sp³-hybridized carbons (Fsp3) is 0.609. The van der Waals surface area contributed by atoms with Gasteiger partial charge in [0.05, 0.1) is 25.0 Å². The van der Waals surface area contributed by atoms with E-state index in [1.165, 1.54) is 4.90 Å². The highest BCUT2D eigenvalue weighted by atomic mass is 16.6. The van der Waals surface area contributed by atoms with E-state index in [0.29, 0.717) is 65.2 Å². The third-order valence-electron chi connectivity index (χ3n) is 6.78. The number of nitrogens with zero attached hydrogens (tertiary/aromatic N) is 3. The summed E-state index contributed by atoms with van der Waals surface area (Å²) >= 11 is 0. The largest absolute Gasteiger partial charge is 0.446 e. The summed E-state index contributed by atoms with van der Waals surface area (Å²) in [5, 5.41) is 9.26. The number of ether oxygens (including phenoxy) is 2. The van der Waals surface area contributed by atoms with Gasteiger partial charge in [0.1, 0.15) is 6.10 Å². The zero-order chi connectivity index (χ0) is 23.2. The third kappa shape index (κ3) is 5.56. The Bertz CT molecular complexity index is 824. The molecule has 3 amide bonds. The predicted molar refractivity (Wildman–Crippen MR) is 119 cm³/mol. The van der Waals surface area contributed by atoms with Crippen LogP contribution in [0.5, 0.6) is 0 Å². The minimum atomic E-state index is -0.828. The molecule has 10 heteroatoms. The molecule has 2 N–H and O–H groups in total. The van der Waals surface area contributed by atoms with Crippen molar-refractivity contribution < 1.29 is 29.1 Å². The molecule has 1 aromatic carbocycles. The number of piperidine rings is 1. The van der Waals surface area contributed by atoms with Crippen LogP contribution >= 0.6 is 0 Å². The first-order chi connectivity index (χ1) is 16.1. The maximum absolute atomic E-state index is 13.3. The Balaban J connectivity index is 1.35. The number of amides is 3. The van der Waals surface area contributed by atoms with Gasteiger partial charge < -0.3 is 24.2 Å². The number of benzene rings is 1. The van der Waals surface area contributed by atoms with Crippen LogP contribution in [0.15, 0.2) is 30.3 Å². The number of piperazine rings is 1. The molecule has 3 heterocycles. The van der Waals surface area contributed by atoms with Gasteiger partial charge in [0, 0.05) is 57.8 Å². The molecule has 10 nitrogen and oxygen atoms in total. The molecule has 2 atom stereocenters. The molecule has 4 rings (SSSR count). The molecular weight excluding hydrogens is 428 g/mol. The summed E-state index contributed by atoms with van der Waals surface area (Å²) in [4.78, 5) is 43.9. The lowest BCUT2D eigenvalue weighted by Crippen LogP contribution is -2.56. The van der Waals surface area contributed by atoms with Gasteiger partial charge in [0.15, 0.2) is 0 Å². The maximum atomic E-state index is 13.3. The number of hydrogen-bond donors (Lipinski definition) is 2. The van der Waals surface area contributed by atoms with Crippen LogP contribution in [0.2, 0.25) is 0 Å². The van der Waals surface area contributed by atoms with Crippen molar-refractivity contribution in [2.75, 3.05) is 57.4 Å². The van der Waals surface area contributed by atoms with Crippen LogP contribution in [0.1, 0.15) is 19.3 Å². The van der Waals surface area contributed by atoms with Crippen LogP contribution < -0.4 is 10.4 Å². The maximum Gasteiger partial charge on any atom is 0.410 e. The normalized spacial score (nSPS) is 24.3. The van der Waals surface area contributed by atoms with E-state index in [1.54, 1.807) is 10.4 Å². The standard InChI is InChI=1S/C23H32N4O6/c28-21(24-31)20-16-27(23(30)33-18-7-14-32-15-8-18)9-6-19(20)22(29)26-12-10-25(11-13-26)17-4-2-1-3-5-17/h1-5,18-20,31H,6-16H2,(H,24,28)/t19-,20-/m0/s1. The molecule has 0 radical (unpaired) electrons. The highest BCUT2D eigenvalue weighted by molar-refractivity contribution is 5.88. The topological polar surface area (TPSA) is 112 Å². The van der Waals surface area contributed by atoms with E-state index in [-0.39, 0.29) is 18.6 Å².